The summed E-state index contributed by atoms with van der Waals surface area (Å²) in [6.07, 6.45) is 0. The van der Waals surface area contributed by atoms with E-state index in [-0.39, 0.29) is 11.7 Å². The highest BCUT2D eigenvalue weighted by molar-refractivity contribution is 6.30. The molecule has 0 atom stereocenters. The summed E-state index contributed by atoms with van der Waals surface area (Å²) < 4.78 is 0. The van der Waals surface area contributed by atoms with Crippen molar-refractivity contribution in [3.05, 3.63) is 155 Å². The van der Waals surface area contributed by atoms with Gasteiger partial charge in [0.15, 0.2) is 5.78 Å². The number of amides is 1. The molecular weight excluding hydrogens is 406 g/mol. The molecule has 3 nitrogen and oxygen atoms in total. The fourth-order valence-electron chi connectivity index (χ4n) is 4.16. The summed E-state index contributed by atoms with van der Waals surface area (Å²) in [6, 6.07) is 38.1. The lowest BCUT2D eigenvalue weighted by atomic mass is 9.86. The molecule has 0 saturated heterocycles. The normalized spacial score (nSPS) is 13.1. The maximum atomic E-state index is 13.9. The van der Waals surface area contributed by atoms with E-state index >= 15 is 0 Å². The van der Waals surface area contributed by atoms with Crippen molar-refractivity contribution < 1.29 is 9.59 Å². The second kappa shape index (κ2) is 8.93. The van der Waals surface area contributed by atoms with Gasteiger partial charge in [0.05, 0.1) is 16.8 Å². The second-order valence-electron chi connectivity index (χ2n) is 7.75. The zero-order chi connectivity index (χ0) is 22.6. The maximum Gasteiger partial charge on any atom is 0.257 e. The first-order valence-corrected chi connectivity index (χ1v) is 10.8. The fraction of sp³-hybridized carbons (Fsp3) is 0. The summed E-state index contributed by atoms with van der Waals surface area (Å²) in [6.45, 7) is 0. The Morgan fingerprint density at radius 2 is 0.970 bits per heavy atom. The number of ketones is 1. The van der Waals surface area contributed by atoms with Crippen LogP contribution in [0.4, 0.5) is 0 Å². The Bertz CT molecular complexity index is 1330. The number of benzene rings is 4. The standard InChI is InChI=1S/C30H21NO2/c32-29(24-19-11-4-12-20-24)27-26(30(33)31-28(27)23-17-9-3-10-18-23)25(21-13-5-1-6-14-21)22-15-7-2-8-16-22/h1-20H,(H,31,33). The van der Waals surface area contributed by atoms with Crippen molar-refractivity contribution in [1.29, 1.82) is 0 Å². The lowest BCUT2D eigenvalue weighted by Gasteiger charge is -2.14. The number of carbonyl (C=O) groups excluding carboxylic acids is 2. The van der Waals surface area contributed by atoms with Gasteiger partial charge in [-0.25, -0.2) is 0 Å². The Kier molecular flexibility index (Phi) is 5.52. The Morgan fingerprint density at radius 1 is 0.545 bits per heavy atom. The highest BCUT2D eigenvalue weighted by Gasteiger charge is 2.36. The summed E-state index contributed by atoms with van der Waals surface area (Å²) in [5, 5.41) is 3.00. The molecule has 0 aliphatic carbocycles. The van der Waals surface area contributed by atoms with E-state index < -0.39 is 0 Å². The maximum absolute atomic E-state index is 13.9. The third-order valence-electron chi connectivity index (χ3n) is 5.67. The molecular formula is C30H21NO2. The van der Waals surface area contributed by atoms with Crippen LogP contribution in [0.1, 0.15) is 27.0 Å². The second-order valence-corrected chi connectivity index (χ2v) is 7.75. The van der Waals surface area contributed by atoms with Crippen molar-refractivity contribution in [1.82, 2.24) is 5.32 Å². The monoisotopic (exact) mass is 427 g/mol. The first kappa shape index (κ1) is 20.4. The van der Waals surface area contributed by atoms with Crippen molar-refractivity contribution in [2.45, 2.75) is 0 Å². The van der Waals surface area contributed by atoms with E-state index in [1.165, 1.54) is 0 Å². The molecule has 1 heterocycles. The zero-order valence-electron chi connectivity index (χ0n) is 17.9. The molecule has 33 heavy (non-hydrogen) atoms. The van der Waals surface area contributed by atoms with E-state index in [1.54, 1.807) is 12.1 Å². The molecule has 0 spiro atoms. The van der Waals surface area contributed by atoms with Gasteiger partial charge in [0, 0.05) is 11.1 Å². The molecule has 0 bridgehead atoms. The van der Waals surface area contributed by atoms with E-state index in [9.17, 15) is 9.59 Å². The summed E-state index contributed by atoms with van der Waals surface area (Å²) in [5.41, 5.74) is 5.13. The zero-order valence-corrected chi connectivity index (χ0v) is 17.9. The molecule has 0 saturated carbocycles. The third-order valence-corrected chi connectivity index (χ3v) is 5.67. The fourth-order valence-corrected chi connectivity index (χ4v) is 4.16. The molecule has 0 fully saturated rings. The number of rotatable bonds is 5. The minimum atomic E-state index is -0.282. The Balaban J connectivity index is 1.85. The number of Topliss-reactive ketones (excluding diaryl/α,β-unsaturated/α-hetero) is 1. The predicted octanol–water partition coefficient (Wildman–Crippen LogP) is 5.91. The van der Waals surface area contributed by atoms with Crippen LogP contribution in [0.25, 0.3) is 11.3 Å². The van der Waals surface area contributed by atoms with Crippen LogP contribution in [0, 0.1) is 0 Å². The Morgan fingerprint density at radius 3 is 1.45 bits per heavy atom. The summed E-state index contributed by atoms with van der Waals surface area (Å²) in [5.74, 6) is -0.469. The van der Waals surface area contributed by atoms with Crippen LogP contribution in [0.3, 0.4) is 0 Å². The van der Waals surface area contributed by atoms with Gasteiger partial charge >= 0.3 is 0 Å². The highest BCUT2D eigenvalue weighted by atomic mass is 16.2. The van der Waals surface area contributed by atoms with Gasteiger partial charge in [0.25, 0.3) is 5.91 Å². The third kappa shape index (κ3) is 3.92. The van der Waals surface area contributed by atoms with Crippen LogP contribution in [0.15, 0.2) is 132 Å². The van der Waals surface area contributed by atoms with Gasteiger partial charge in [-0.2, -0.15) is 0 Å². The van der Waals surface area contributed by atoms with Gasteiger partial charge in [0.2, 0.25) is 0 Å². The smallest absolute Gasteiger partial charge is 0.257 e. The highest BCUT2D eigenvalue weighted by Crippen LogP contribution is 2.38. The molecule has 4 aromatic carbocycles. The van der Waals surface area contributed by atoms with Gasteiger partial charge in [-0.05, 0) is 16.7 Å². The van der Waals surface area contributed by atoms with E-state index in [1.807, 2.05) is 109 Å². The van der Waals surface area contributed by atoms with E-state index in [0.717, 1.165) is 22.3 Å². The Hall–Kier alpha value is -4.50. The molecule has 0 radical (unpaired) electrons. The molecule has 1 aliphatic heterocycles. The van der Waals surface area contributed by atoms with Crippen LogP contribution in [-0.4, -0.2) is 11.7 Å². The topological polar surface area (TPSA) is 46.2 Å². The SMILES string of the molecule is O=C1NC(c2ccccc2)=C(C(=O)c2ccccc2)C1=C(c1ccccc1)c1ccccc1. The minimum absolute atomic E-state index is 0.188. The van der Waals surface area contributed by atoms with Crippen LogP contribution in [-0.2, 0) is 4.79 Å². The van der Waals surface area contributed by atoms with Crippen molar-refractivity contribution in [3.8, 4) is 0 Å². The first-order chi connectivity index (χ1) is 16.2. The molecule has 4 aromatic rings. The van der Waals surface area contributed by atoms with Crippen molar-refractivity contribution in [2.75, 3.05) is 0 Å². The van der Waals surface area contributed by atoms with Gasteiger partial charge in [-0.1, -0.05) is 121 Å². The molecule has 1 aliphatic rings. The van der Waals surface area contributed by atoms with Gasteiger partial charge in [-0.3, -0.25) is 9.59 Å². The molecule has 0 unspecified atom stereocenters. The van der Waals surface area contributed by atoms with Gasteiger partial charge in [-0.15, -0.1) is 0 Å². The summed E-state index contributed by atoms with van der Waals surface area (Å²) in [7, 11) is 0. The first-order valence-electron chi connectivity index (χ1n) is 10.8. The average molecular weight is 428 g/mol. The van der Waals surface area contributed by atoms with E-state index in [4.69, 9.17) is 0 Å². The number of carbonyl (C=O) groups is 2. The summed E-state index contributed by atoms with van der Waals surface area (Å²) >= 11 is 0. The molecule has 158 valence electrons. The van der Waals surface area contributed by atoms with Crippen molar-refractivity contribution in [3.63, 3.8) is 0 Å². The number of nitrogens with one attached hydrogen (secondary N) is 1. The van der Waals surface area contributed by atoms with Gasteiger partial charge in [0.1, 0.15) is 0 Å². The summed E-state index contributed by atoms with van der Waals surface area (Å²) in [4.78, 5) is 27.4. The predicted molar refractivity (Wildman–Crippen MR) is 131 cm³/mol. The molecule has 0 aromatic heterocycles. The van der Waals surface area contributed by atoms with Gasteiger partial charge < -0.3 is 5.32 Å². The minimum Gasteiger partial charge on any atom is -0.321 e. The molecule has 3 heteroatoms. The average Bonchev–Trinajstić information content (AvgIpc) is 3.23. The largest absolute Gasteiger partial charge is 0.321 e. The van der Waals surface area contributed by atoms with E-state index in [0.29, 0.717) is 22.4 Å². The lowest BCUT2D eigenvalue weighted by molar-refractivity contribution is -0.115. The molecule has 1 amide bonds. The van der Waals surface area contributed by atoms with Crippen LogP contribution in [0.2, 0.25) is 0 Å². The van der Waals surface area contributed by atoms with Crippen LogP contribution < -0.4 is 5.32 Å². The molecule has 5 rings (SSSR count). The van der Waals surface area contributed by atoms with Crippen molar-refractivity contribution >= 4 is 23.0 Å². The molecule has 1 N–H and O–H groups in total. The Labute approximate surface area is 192 Å². The van der Waals surface area contributed by atoms with Crippen LogP contribution in [0.5, 0.6) is 0 Å². The van der Waals surface area contributed by atoms with Crippen molar-refractivity contribution in [2.24, 2.45) is 0 Å². The number of hydrogen-bond acceptors (Lipinski definition) is 2. The van der Waals surface area contributed by atoms with E-state index in [2.05, 4.69) is 5.32 Å². The van der Waals surface area contributed by atoms with Crippen LogP contribution >= 0.6 is 0 Å². The lowest BCUT2D eigenvalue weighted by Crippen LogP contribution is -2.17. The number of hydrogen-bond donors (Lipinski definition) is 1. The quantitative estimate of drug-likeness (QED) is 0.318.